The molecule has 0 spiro atoms. The van der Waals surface area contributed by atoms with Crippen LogP contribution in [0.3, 0.4) is 0 Å². The lowest BCUT2D eigenvalue weighted by atomic mass is 10.0. The Morgan fingerprint density at radius 1 is 0.853 bits per heavy atom. The molecule has 0 saturated heterocycles. The van der Waals surface area contributed by atoms with Crippen LogP contribution in [0.5, 0.6) is 0 Å². The number of hydrogen-bond acceptors (Lipinski definition) is 6. The van der Waals surface area contributed by atoms with Gasteiger partial charge in [-0.3, -0.25) is 24.0 Å². The highest BCUT2D eigenvalue weighted by atomic mass is 16.4. The quantitative estimate of drug-likeness (QED) is 0.216. The van der Waals surface area contributed by atoms with Crippen LogP contribution in [0.4, 0.5) is 0 Å². The van der Waals surface area contributed by atoms with Crippen molar-refractivity contribution in [1.82, 2.24) is 16.0 Å². The zero-order chi connectivity index (χ0) is 25.8. The first kappa shape index (κ1) is 28.6. The van der Waals surface area contributed by atoms with Crippen molar-refractivity contribution < 1.29 is 34.2 Å². The molecule has 0 heterocycles. The van der Waals surface area contributed by atoms with Crippen LogP contribution in [0.15, 0.2) is 30.3 Å². The number of carboxylic acid groups (broad SMARTS) is 2. The van der Waals surface area contributed by atoms with Crippen molar-refractivity contribution >= 4 is 29.7 Å². The van der Waals surface area contributed by atoms with E-state index in [0.29, 0.717) is 0 Å². The fraction of sp³-hybridized carbons (Fsp3) is 0.522. The summed E-state index contributed by atoms with van der Waals surface area (Å²) >= 11 is 0. The molecule has 0 aliphatic rings. The summed E-state index contributed by atoms with van der Waals surface area (Å²) in [6, 6.07) is 4.48. The average molecular weight is 479 g/mol. The number of carbonyl (C=O) groups excluding carboxylic acids is 3. The number of nitrogens with one attached hydrogen (secondary N) is 3. The smallest absolute Gasteiger partial charge is 0.325 e. The summed E-state index contributed by atoms with van der Waals surface area (Å²) in [7, 11) is 0. The maximum atomic E-state index is 13.1. The van der Waals surface area contributed by atoms with Gasteiger partial charge in [0.15, 0.2) is 0 Å². The van der Waals surface area contributed by atoms with Crippen molar-refractivity contribution in [3.05, 3.63) is 35.9 Å². The highest BCUT2D eigenvalue weighted by molar-refractivity contribution is 5.94. The third kappa shape index (κ3) is 10.4. The van der Waals surface area contributed by atoms with Gasteiger partial charge in [-0.2, -0.15) is 0 Å². The molecule has 0 aromatic heterocycles. The van der Waals surface area contributed by atoms with Crippen LogP contribution in [0.1, 0.15) is 45.6 Å². The molecule has 4 unspecified atom stereocenters. The Hall–Kier alpha value is -3.47. The molecular weight excluding hydrogens is 444 g/mol. The molecule has 188 valence electrons. The lowest BCUT2D eigenvalue weighted by Crippen LogP contribution is -2.57. The number of carbonyl (C=O) groups is 5. The van der Waals surface area contributed by atoms with Gasteiger partial charge in [0.05, 0.1) is 6.04 Å². The van der Waals surface area contributed by atoms with Crippen LogP contribution in [-0.2, 0) is 30.4 Å². The molecular formula is C23H34N4O7. The largest absolute Gasteiger partial charge is 0.481 e. The highest BCUT2D eigenvalue weighted by Gasteiger charge is 2.30. The van der Waals surface area contributed by atoms with Gasteiger partial charge in [-0.25, -0.2) is 0 Å². The Balaban J connectivity index is 3.01. The van der Waals surface area contributed by atoms with E-state index in [1.165, 1.54) is 6.92 Å². The van der Waals surface area contributed by atoms with Crippen molar-refractivity contribution in [2.75, 3.05) is 0 Å². The molecule has 34 heavy (non-hydrogen) atoms. The minimum absolute atomic E-state index is 0.000253. The molecule has 7 N–H and O–H groups in total. The summed E-state index contributed by atoms with van der Waals surface area (Å²) < 4.78 is 0. The van der Waals surface area contributed by atoms with E-state index < -0.39 is 53.8 Å². The maximum absolute atomic E-state index is 13.1. The highest BCUT2D eigenvalue weighted by Crippen LogP contribution is 2.09. The number of amides is 3. The van der Waals surface area contributed by atoms with E-state index in [2.05, 4.69) is 16.0 Å². The van der Waals surface area contributed by atoms with Crippen molar-refractivity contribution in [2.24, 2.45) is 11.7 Å². The zero-order valence-corrected chi connectivity index (χ0v) is 19.6. The molecule has 11 heteroatoms. The second-order valence-electron chi connectivity index (χ2n) is 8.55. The Morgan fingerprint density at radius 3 is 1.94 bits per heavy atom. The van der Waals surface area contributed by atoms with E-state index >= 15 is 0 Å². The first-order valence-corrected chi connectivity index (χ1v) is 11.1. The molecule has 1 aromatic carbocycles. The fourth-order valence-electron chi connectivity index (χ4n) is 3.10. The van der Waals surface area contributed by atoms with Crippen LogP contribution in [0.25, 0.3) is 0 Å². The topological polar surface area (TPSA) is 188 Å². The Kier molecular flexibility index (Phi) is 11.7. The molecule has 11 nitrogen and oxygen atoms in total. The normalized spacial score (nSPS) is 14.4. The third-order valence-corrected chi connectivity index (χ3v) is 4.99. The van der Waals surface area contributed by atoms with E-state index in [4.69, 9.17) is 15.9 Å². The van der Waals surface area contributed by atoms with Crippen molar-refractivity contribution in [3.63, 3.8) is 0 Å². The molecule has 0 radical (unpaired) electrons. The van der Waals surface area contributed by atoms with Crippen LogP contribution in [0, 0.1) is 5.92 Å². The van der Waals surface area contributed by atoms with E-state index in [0.717, 1.165) is 5.56 Å². The fourth-order valence-corrected chi connectivity index (χ4v) is 3.10. The second-order valence-corrected chi connectivity index (χ2v) is 8.55. The standard InChI is InChI=1S/C23H34N4O7/c1-13(2)11-17(26-20(30)16(24)9-10-19(28)29)22(32)27-18(12-15-7-5-4-6-8-15)21(31)25-14(3)23(33)34/h4-8,13-14,16-18H,9-12,24H2,1-3H3,(H,25,31)(H,26,30)(H,27,32)(H,28,29)(H,33,34). The molecule has 0 bridgehead atoms. The molecule has 0 fully saturated rings. The number of carboxylic acids is 2. The first-order valence-electron chi connectivity index (χ1n) is 11.1. The number of nitrogens with two attached hydrogens (primary N) is 1. The number of aliphatic carboxylic acids is 2. The summed E-state index contributed by atoms with van der Waals surface area (Å²) in [5.41, 5.74) is 6.49. The Morgan fingerprint density at radius 2 is 1.41 bits per heavy atom. The van der Waals surface area contributed by atoms with Gasteiger partial charge in [0, 0.05) is 12.8 Å². The lowest BCUT2D eigenvalue weighted by molar-refractivity contribution is -0.142. The summed E-state index contributed by atoms with van der Waals surface area (Å²) in [5.74, 6) is -4.31. The first-order chi connectivity index (χ1) is 15.9. The average Bonchev–Trinajstić information content (AvgIpc) is 2.76. The zero-order valence-electron chi connectivity index (χ0n) is 19.6. The van der Waals surface area contributed by atoms with Gasteiger partial charge >= 0.3 is 11.9 Å². The van der Waals surface area contributed by atoms with Crippen molar-refractivity contribution in [1.29, 1.82) is 0 Å². The van der Waals surface area contributed by atoms with E-state index in [1.54, 1.807) is 30.3 Å². The third-order valence-electron chi connectivity index (χ3n) is 4.99. The minimum atomic E-state index is -1.22. The minimum Gasteiger partial charge on any atom is -0.481 e. The van der Waals surface area contributed by atoms with Gasteiger partial charge in [0.2, 0.25) is 17.7 Å². The predicted molar refractivity (Wildman–Crippen MR) is 124 cm³/mol. The van der Waals surface area contributed by atoms with Gasteiger partial charge in [0.1, 0.15) is 18.1 Å². The lowest BCUT2D eigenvalue weighted by Gasteiger charge is -2.25. The number of rotatable bonds is 14. The van der Waals surface area contributed by atoms with Crippen LogP contribution in [0.2, 0.25) is 0 Å². The molecule has 4 atom stereocenters. The van der Waals surface area contributed by atoms with Gasteiger partial charge in [-0.05, 0) is 31.2 Å². The van der Waals surface area contributed by atoms with Gasteiger partial charge < -0.3 is 31.9 Å². The predicted octanol–water partition coefficient (Wildman–Crippen LogP) is 0.0262. The molecule has 0 aliphatic carbocycles. The Bertz CT molecular complexity index is 860. The van der Waals surface area contributed by atoms with E-state index in [1.807, 2.05) is 13.8 Å². The molecule has 0 aliphatic heterocycles. The number of benzene rings is 1. The molecule has 3 amide bonds. The van der Waals surface area contributed by atoms with Gasteiger partial charge in [0.25, 0.3) is 0 Å². The van der Waals surface area contributed by atoms with Gasteiger partial charge in [-0.15, -0.1) is 0 Å². The SMILES string of the molecule is CC(C)CC(NC(=O)C(N)CCC(=O)O)C(=O)NC(Cc1ccccc1)C(=O)NC(C)C(=O)O. The molecule has 1 rings (SSSR count). The summed E-state index contributed by atoms with van der Waals surface area (Å²) in [6.45, 7) is 5.00. The van der Waals surface area contributed by atoms with Crippen molar-refractivity contribution in [2.45, 2.75) is 70.6 Å². The van der Waals surface area contributed by atoms with Crippen LogP contribution in [-0.4, -0.2) is 64.0 Å². The molecule has 0 saturated carbocycles. The van der Waals surface area contributed by atoms with Gasteiger partial charge in [-0.1, -0.05) is 44.2 Å². The Labute approximate surface area is 198 Å². The van der Waals surface area contributed by atoms with E-state index in [9.17, 15) is 24.0 Å². The van der Waals surface area contributed by atoms with E-state index in [-0.39, 0.29) is 31.6 Å². The summed E-state index contributed by atoms with van der Waals surface area (Å²) in [4.78, 5) is 60.1. The number of hydrogen-bond donors (Lipinski definition) is 6. The van der Waals surface area contributed by atoms with Crippen LogP contribution >= 0.6 is 0 Å². The maximum Gasteiger partial charge on any atom is 0.325 e. The monoisotopic (exact) mass is 478 g/mol. The summed E-state index contributed by atoms with van der Waals surface area (Å²) in [5, 5.41) is 25.4. The summed E-state index contributed by atoms with van der Waals surface area (Å²) in [6.07, 6.45) is -0.0420. The molecule has 1 aromatic rings. The second kappa shape index (κ2) is 13.9. The van der Waals surface area contributed by atoms with Crippen LogP contribution < -0.4 is 21.7 Å². The van der Waals surface area contributed by atoms with Crippen molar-refractivity contribution in [3.8, 4) is 0 Å².